The Hall–Kier alpha value is -3.55. The second kappa shape index (κ2) is 10.4. The lowest BCUT2D eigenvalue weighted by Crippen LogP contribution is -2.40. The second-order valence-electron chi connectivity index (χ2n) is 6.81. The number of ether oxygens (including phenoxy) is 3. The van der Waals surface area contributed by atoms with Gasteiger partial charge in [-0.25, -0.2) is 13.2 Å². The van der Waals surface area contributed by atoms with Gasteiger partial charge in [0.1, 0.15) is 10.6 Å². The first-order chi connectivity index (χ1) is 15.7. The number of carbonyl (C=O) groups is 2. The fourth-order valence-electron chi connectivity index (χ4n) is 3.04. The number of nitrogens with one attached hydrogen (secondary N) is 1. The minimum absolute atomic E-state index is 0.0830. The van der Waals surface area contributed by atoms with E-state index in [-0.39, 0.29) is 53.9 Å². The molecule has 0 unspecified atom stereocenters. The van der Waals surface area contributed by atoms with Gasteiger partial charge in [0.25, 0.3) is 11.6 Å². The number of hydrogen-bond donors (Lipinski definition) is 1. The molecule has 0 spiro atoms. The molecule has 13 heteroatoms. The van der Waals surface area contributed by atoms with E-state index in [4.69, 9.17) is 14.2 Å². The maximum atomic E-state index is 13.0. The van der Waals surface area contributed by atoms with E-state index in [2.05, 4.69) is 5.32 Å². The first-order valence-corrected chi connectivity index (χ1v) is 11.1. The van der Waals surface area contributed by atoms with Crippen molar-refractivity contribution in [3.8, 4) is 5.75 Å². The third-order valence-electron chi connectivity index (χ3n) is 4.66. The van der Waals surface area contributed by atoms with E-state index in [1.54, 1.807) is 0 Å². The molecule has 0 saturated carbocycles. The number of nitro benzene ring substituents is 1. The molecule has 33 heavy (non-hydrogen) atoms. The summed E-state index contributed by atoms with van der Waals surface area (Å²) < 4.78 is 42.5. The molecule has 0 aliphatic carbocycles. The number of amides is 1. The first-order valence-electron chi connectivity index (χ1n) is 9.69. The predicted octanol–water partition coefficient (Wildman–Crippen LogP) is 1.42. The number of benzene rings is 2. The van der Waals surface area contributed by atoms with Crippen LogP contribution in [0, 0.1) is 10.1 Å². The summed E-state index contributed by atoms with van der Waals surface area (Å²) in [4.78, 5) is 34.4. The zero-order valence-electron chi connectivity index (χ0n) is 17.6. The number of sulfonamides is 1. The highest BCUT2D eigenvalue weighted by Gasteiger charge is 2.29. The van der Waals surface area contributed by atoms with Crippen LogP contribution >= 0.6 is 0 Å². The molecular formula is C20H21N3O9S. The SMILES string of the molecule is COc1ccc(NC(=O)COC(=O)c2cccc([N+](=O)[O-])c2)cc1S(=O)(=O)N1CCOCC1. The van der Waals surface area contributed by atoms with Crippen molar-refractivity contribution in [2.24, 2.45) is 0 Å². The molecule has 1 N–H and O–H groups in total. The van der Waals surface area contributed by atoms with Crippen molar-refractivity contribution in [2.75, 3.05) is 45.3 Å². The molecule has 1 fully saturated rings. The summed E-state index contributed by atoms with van der Waals surface area (Å²) in [5, 5.41) is 13.3. The number of morpholine rings is 1. The topological polar surface area (TPSA) is 154 Å². The van der Waals surface area contributed by atoms with Gasteiger partial charge in [-0.15, -0.1) is 0 Å². The van der Waals surface area contributed by atoms with E-state index in [1.807, 2.05) is 0 Å². The molecule has 1 aliphatic heterocycles. The number of nitrogens with zero attached hydrogens (tertiary/aromatic N) is 2. The molecule has 0 radical (unpaired) electrons. The van der Waals surface area contributed by atoms with Gasteiger partial charge in [0, 0.05) is 30.9 Å². The summed E-state index contributed by atoms with van der Waals surface area (Å²) in [6.45, 7) is 0.242. The molecular weight excluding hydrogens is 458 g/mol. The van der Waals surface area contributed by atoms with Crippen molar-refractivity contribution in [3.05, 3.63) is 58.1 Å². The number of carbonyl (C=O) groups excluding carboxylic acids is 2. The molecule has 1 amide bonds. The van der Waals surface area contributed by atoms with Crippen molar-refractivity contribution in [1.29, 1.82) is 0 Å². The van der Waals surface area contributed by atoms with Crippen LogP contribution in [0.2, 0.25) is 0 Å². The van der Waals surface area contributed by atoms with Crippen LogP contribution in [0.15, 0.2) is 47.4 Å². The monoisotopic (exact) mass is 479 g/mol. The second-order valence-corrected chi connectivity index (χ2v) is 8.72. The maximum Gasteiger partial charge on any atom is 0.338 e. The molecule has 1 heterocycles. The Balaban J connectivity index is 1.68. The molecule has 1 aliphatic rings. The van der Waals surface area contributed by atoms with Gasteiger partial charge >= 0.3 is 5.97 Å². The Labute approximate surface area is 189 Å². The zero-order valence-corrected chi connectivity index (χ0v) is 18.4. The van der Waals surface area contributed by atoms with Crippen LogP contribution in [-0.2, 0) is 24.3 Å². The van der Waals surface area contributed by atoms with Gasteiger partial charge in [0.2, 0.25) is 10.0 Å². The predicted molar refractivity (Wildman–Crippen MR) is 115 cm³/mol. The summed E-state index contributed by atoms with van der Waals surface area (Å²) in [5.74, 6) is -1.54. The van der Waals surface area contributed by atoms with Gasteiger partial charge in [-0.05, 0) is 24.3 Å². The van der Waals surface area contributed by atoms with Crippen molar-refractivity contribution in [2.45, 2.75) is 4.90 Å². The minimum Gasteiger partial charge on any atom is -0.495 e. The van der Waals surface area contributed by atoms with E-state index < -0.39 is 33.4 Å². The third-order valence-corrected chi connectivity index (χ3v) is 6.58. The molecule has 0 bridgehead atoms. The van der Waals surface area contributed by atoms with Crippen LogP contribution in [0.25, 0.3) is 0 Å². The number of hydrogen-bond acceptors (Lipinski definition) is 9. The Kier molecular flexibility index (Phi) is 7.58. The van der Waals surface area contributed by atoms with Crippen LogP contribution in [0.4, 0.5) is 11.4 Å². The zero-order chi connectivity index (χ0) is 24.0. The van der Waals surface area contributed by atoms with E-state index in [1.165, 1.54) is 47.8 Å². The fraction of sp³-hybridized carbons (Fsp3) is 0.300. The average molecular weight is 479 g/mol. The summed E-state index contributed by atoms with van der Waals surface area (Å²) in [6.07, 6.45) is 0. The molecule has 3 rings (SSSR count). The number of anilines is 1. The van der Waals surface area contributed by atoms with Gasteiger partial charge in [0.05, 0.1) is 30.8 Å². The van der Waals surface area contributed by atoms with Gasteiger partial charge in [-0.2, -0.15) is 4.31 Å². The van der Waals surface area contributed by atoms with E-state index in [9.17, 15) is 28.1 Å². The first kappa shape index (κ1) is 24.1. The lowest BCUT2D eigenvalue weighted by atomic mass is 10.2. The quantitative estimate of drug-likeness (QED) is 0.336. The highest BCUT2D eigenvalue weighted by Crippen LogP contribution is 2.30. The molecule has 176 valence electrons. The van der Waals surface area contributed by atoms with Crippen LogP contribution < -0.4 is 10.1 Å². The van der Waals surface area contributed by atoms with Gasteiger partial charge < -0.3 is 19.5 Å². The standard InChI is InChI=1S/C20H21N3O9S/c1-30-17-6-5-15(12-18(17)33(28,29)22-7-9-31-10-8-22)21-19(24)13-32-20(25)14-3-2-4-16(11-14)23(26)27/h2-6,11-12H,7-10,13H2,1H3,(H,21,24). The van der Waals surface area contributed by atoms with E-state index in [0.29, 0.717) is 0 Å². The van der Waals surface area contributed by atoms with Crippen LogP contribution in [0.5, 0.6) is 5.75 Å². The lowest BCUT2D eigenvalue weighted by Gasteiger charge is -2.26. The van der Waals surface area contributed by atoms with Crippen molar-refractivity contribution >= 4 is 33.3 Å². The summed E-state index contributed by atoms with van der Waals surface area (Å²) in [7, 11) is -2.57. The van der Waals surface area contributed by atoms with Crippen molar-refractivity contribution in [3.63, 3.8) is 0 Å². The third kappa shape index (κ3) is 5.83. The number of esters is 1. The summed E-state index contributed by atoms with van der Waals surface area (Å²) in [6, 6.07) is 8.99. The molecule has 2 aromatic carbocycles. The molecule has 2 aromatic rings. The number of rotatable bonds is 8. The van der Waals surface area contributed by atoms with Gasteiger partial charge in [-0.1, -0.05) is 6.07 Å². The van der Waals surface area contributed by atoms with Crippen LogP contribution in [0.3, 0.4) is 0 Å². The van der Waals surface area contributed by atoms with Gasteiger partial charge in [-0.3, -0.25) is 14.9 Å². The summed E-state index contributed by atoms with van der Waals surface area (Å²) in [5.41, 5.74) is -0.222. The molecule has 0 atom stereocenters. The van der Waals surface area contributed by atoms with E-state index >= 15 is 0 Å². The Morgan fingerprint density at radius 1 is 1.18 bits per heavy atom. The molecule has 12 nitrogen and oxygen atoms in total. The Bertz CT molecular complexity index is 1160. The molecule has 0 aromatic heterocycles. The maximum absolute atomic E-state index is 13.0. The normalized spacial score (nSPS) is 14.3. The largest absolute Gasteiger partial charge is 0.495 e. The molecule has 1 saturated heterocycles. The van der Waals surface area contributed by atoms with Crippen LogP contribution in [-0.4, -0.2) is 69.5 Å². The van der Waals surface area contributed by atoms with Crippen molar-refractivity contribution < 1.29 is 37.1 Å². The summed E-state index contributed by atoms with van der Waals surface area (Å²) >= 11 is 0. The number of nitro groups is 1. The van der Waals surface area contributed by atoms with E-state index in [0.717, 1.165) is 6.07 Å². The number of methoxy groups -OCH3 is 1. The highest BCUT2D eigenvalue weighted by atomic mass is 32.2. The fourth-order valence-corrected chi connectivity index (χ4v) is 4.63. The highest BCUT2D eigenvalue weighted by molar-refractivity contribution is 7.89. The van der Waals surface area contributed by atoms with Gasteiger partial charge in [0.15, 0.2) is 6.61 Å². The smallest absolute Gasteiger partial charge is 0.338 e. The average Bonchev–Trinajstić information content (AvgIpc) is 2.83. The lowest BCUT2D eigenvalue weighted by molar-refractivity contribution is -0.384. The van der Waals surface area contributed by atoms with Crippen LogP contribution in [0.1, 0.15) is 10.4 Å². The Morgan fingerprint density at radius 3 is 2.58 bits per heavy atom. The van der Waals surface area contributed by atoms with Crippen molar-refractivity contribution in [1.82, 2.24) is 4.31 Å². The minimum atomic E-state index is -3.90. The Morgan fingerprint density at radius 2 is 1.91 bits per heavy atom. The number of non-ortho nitro benzene ring substituents is 1.